The molecule has 0 aliphatic heterocycles. The summed E-state index contributed by atoms with van der Waals surface area (Å²) in [5.41, 5.74) is -1.00. The number of hydrogen-bond acceptors (Lipinski definition) is 2. The van der Waals surface area contributed by atoms with Crippen LogP contribution in [0.3, 0.4) is 0 Å². The molecule has 0 aromatic heterocycles. The zero-order valence-corrected chi connectivity index (χ0v) is 9.39. The van der Waals surface area contributed by atoms with Gasteiger partial charge in [-0.15, -0.1) is 0 Å². The van der Waals surface area contributed by atoms with Crippen LogP contribution < -0.4 is 5.32 Å². The Labute approximate surface area is 85.9 Å². The molecule has 1 fully saturated rings. The smallest absolute Gasteiger partial charge is 0.225 e. The first-order chi connectivity index (χ1) is 6.33. The molecule has 0 radical (unpaired) electrons. The summed E-state index contributed by atoms with van der Waals surface area (Å²) in [5, 5.41) is 12.8. The Bertz CT molecular complexity index is 212. The van der Waals surface area contributed by atoms with Crippen LogP contribution in [0.2, 0.25) is 0 Å². The largest absolute Gasteiger partial charge is 0.388 e. The van der Waals surface area contributed by atoms with Crippen LogP contribution in [0.1, 0.15) is 46.5 Å². The normalized spacial score (nSPS) is 20.9. The number of carbonyl (C=O) groups is 1. The second kappa shape index (κ2) is 3.89. The minimum absolute atomic E-state index is 0.0119. The second-order valence-corrected chi connectivity index (χ2v) is 5.36. The molecule has 1 rings (SSSR count). The van der Waals surface area contributed by atoms with Crippen molar-refractivity contribution in [1.29, 1.82) is 0 Å². The van der Waals surface area contributed by atoms with Crippen molar-refractivity contribution in [3.63, 3.8) is 0 Å². The number of aliphatic hydroxyl groups is 1. The SMILES string of the molecule is CC(C)(C)C(=O)NCC1(O)CCCC1. The molecule has 14 heavy (non-hydrogen) atoms. The van der Waals surface area contributed by atoms with Gasteiger partial charge in [0.2, 0.25) is 5.91 Å². The zero-order valence-electron chi connectivity index (χ0n) is 9.39. The van der Waals surface area contributed by atoms with Gasteiger partial charge in [-0.2, -0.15) is 0 Å². The minimum Gasteiger partial charge on any atom is -0.388 e. The topological polar surface area (TPSA) is 49.3 Å². The predicted molar refractivity (Wildman–Crippen MR) is 55.9 cm³/mol. The van der Waals surface area contributed by atoms with E-state index in [1.165, 1.54) is 0 Å². The predicted octanol–water partition coefficient (Wildman–Crippen LogP) is 1.45. The van der Waals surface area contributed by atoms with Gasteiger partial charge in [-0.1, -0.05) is 33.6 Å². The van der Waals surface area contributed by atoms with E-state index in [1.54, 1.807) is 0 Å². The summed E-state index contributed by atoms with van der Waals surface area (Å²) >= 11 is 0. The Morgan fingerprint density at radius 2 is 1.86 bits per heavy atom. The zero-order chi connectivity index (χ0) is 10.8. The molecule has 2 N–H and O–H groups in total. The first kappa shape index (κ1) is 11.5. The highest BCUT2D eigenvalue weighted by molar-refractivity contribution is 5.81. The molecule has 3 heteroatoms. The van der Waals surface area contributed by atoms with Crippen LogP contribution in [-0.4, -0.2) is 23.2 Å². The van der Waals surface area contributed by atoms with Gasteiger partial charge in [0, 0.05) is 12.0 Å². The van der Waals surface area contributed by atoms with Gasteiger partial charge >= 0.3 is 0 Å². The average molecular weight is 199 g/mol. The van der Waals surface area contributed by atoms with Crippen LogP contribution in [0.25, 0.3) is 0 Å². The molecular weight excluding hydrogens is 178 g/mol. The van der Waals surface area contributed by atoms with Crippen molar-refractivity contribution in [2.45, 2.75) is 52.1 Å². The Kier molecular flexibility index (Phi) is 3.20. The summed E-state index contributed by atoms with van der Waals surface area (Å²) in [6, 6.07) is 0. The first-order valence-corrected chi connectivity index (χ1v) is 5.34. The number of rotatable bonds is 2. The molecule has 1 aliphatic rings. The van der Waals surface area contributed by atoms with Gasteiger partial charge in [0.1, 0.15) is 0 Å². The quantitative estimate of drug-likeness (QED) is 0.707. The fourth-order valence-electron chi connectivity index (χ4n) is 1.72. The van der Waals surface area contributed by atoms with Gasteiger partial charge in [0.05, 0.1) is 5.60 Å². The molecule has 0 aromatic carbocycles. The summed E-state index contributed by atoms with van der Waals surface area (Å²) in [4.78, 5) is 11.5. The summed E-state index contributed by atoms with van der Waals surface area (Å²) in [6.45, 7) is 6.03. The molecule has 0 spiro atoms. The van der Waals surface area contributed by atoms with E-state index in [-0.39, 0.29) is 11.3 Å². The molecule has 0 bridgehead atoms. The molecule has 1 amide bonds. The molecule has 0 saturated heterocycles. The minimum atomic E-state index is -0.638. The lowest BCUT2D eigenvalue weighted by atomic mass is 9.94. The second-order valence-electron chi connectivity index (χ2n) is 5.36. The Morgan fingerprint density at radius 3 is 2.29 bits per heavy atom. The van der Waals surface area contributed by atoms with E-state index in [0.717, 1.165) is 25.7 Å². The Balaban J connectivity index is 2.37. The molecule has 1 saturated carbocycles. The third-order valence-corrected chi connectivity index (χ3v) is 2.79. The van der Waals surface area contributed by atoms with Crippen molar-refractivity contribution in [3.05, 3.63) is 0 Å². The lowest BCUT2D eigenvalue weighted by Gasteiger charge is -2.25. The number of hydrogen-bond donors (Lipinski definition) is 2. The highest BCUT2D eigenvalue weighted by Gasteiger charge is 2.32. The number of nitrogens with one attached hydrogen (secondary N) is 1. The van der Waals surface area contributed by atoms with Crippen LogP contribution >= 0.6 is 0 Å². The monoisotopic (exact) mass is 199 g/mol. The molecule has 82 valence electrons. The lowest BCUT2D eigenvalue weighted by Crippen LogP contribution is -2.44. The summed E-state index contributed by atoms with van der Waals surface area (Å²) in [6.07, 6.45) is 3.78. The first-order valence-electron chi connectivity index (χ1n) is 5.34. The maximum absolute atomic E-state index is 11.5. The van der Waals surface area contributed by atoms with Gasteiger partial charge in [-0.05, 0) is 12.8 Å². The third-order valence-electron chi connectivity index (χ3n) is 2.79. The van der Waals surface area contributed by atoms with E-state index in [9.17, 15) is 9.90 Å². The number of amides is 1. The molecular formula is C11H21NO2. The highest BCUT2D eigenvalue weighted by atomic mass is 16.3. The summed E-state index contributed by atoms with van der Waals surface area (Å²) < 4.78 is 0. The van der Waals surface area contributed by atoms with Crippen LogP contribution in [0.5, 0.6) is 0 Å². The van der Waals surface area contributed by atoms with E-state index < -0.39 is 5.60 Å². The summed E-state index contributed by atoms with van der Waals surface area (Å²) in [7, 11) is 0. The molecule has 0 heterocycles. The Morgan fingerprint density at radius 1 is 1.36 bits per heavy atom. The van der Waals surface area contributed by atoms with E-state index >= 15 is 0 Å². The van der Waals surface area contributed by atoms with Gasteiger partial charge in [-0.25, -0.2) is 0 Å². The molecule has 0 aromatic rings. The van der Waals surface area contributed by atoms with Crippen LogP contribution in [0.15, 0.2) is 0 Å². The van der Waals surface area contributed by atoms with Crippen LogP contribution in [-0.2, 0) is 4.79 Å². The third kappa shape index (κ3) is 2.98. The van der Waals surface area contributed by atoms with E-state index in [4.69, 9.17) is 0 Å². The molecule has 1 aliphatic carbocycles. The van der Waals surface area contributed by atoms with Crippen molar-refractivity contribution in [2.75, 3.05) is 6.54 Å². The van der Waals surface area contributed by atoms with E-state index in [0.29, 0.717) is 6.54 Å². The molecule has 0 atom stereocenters. The average Bonchev–Trinajstić information content (AvgIpc) is 2.47. The summed E-state index contributed by atoms with van der Waals surface area (Å²) in [5.74, 6) is 0.0119. The maximum Gasteiger partial charge on any atom is 0.225 e. The van der Waals surface area contributed by atoms with Crippen LogP contribution in [0, 0.1) is 5.41 Å². The Hall–Kier alpha value is -0.570. The fraction of sp³-hybridized carbons (Fsp3) is 0.909. The van der Waals surface area contributed by atoms with Gasteiger partial charge in [-0.3, -0.25) is 4.79 Å². The standard InChI is InChI=1S/C11H21NO2/c1-10(2,3)9(13)12-8-11(14)6-4-5-7-11/h14H,4-8H2,1-3H3,(H,12,13). The van der Waals surface area contributed by atoms with Crippen molar-refractivity contribution in [2.24, 2.45) is 5.41 Å². The van der Waals surface area contributed by atoms with Crippen molar-refractivity contribution >= 4 is 5.91 Å². The van der Waals surface area contributed by atoms with Crippen molar-refractivity contribution in [1.82, 2.24) is 5.32 Å². The molecule has 3 nitrogen and oxygen atoms in total. The maximum atomic E-state index is 11.5. The van der Waals surface area contributed by atoms with Crippen LogP contribution in [0.4, 0.5) is 0 Å². The fourth-order valence-corrected chi connectivity index (χ4v) is 1.72. The van der Waals surface area contributed by atoms with Gasteiger partial charge < -0.3 is 10.4 Å². The highest BCUT2D eigenvalue weighted by Crippen LogP contribution is 2.28. The lowest BCUT2D eigenvalue weighted by molar-refractivity contribution is -0.129. The number of carbonyl (C=O) groups excluding carboxylic acids is 1. The van der Waals surface area contributed by atoms with E-state index in [1.807, 2.05) is 20.8 Å². The van der Waals surface area contributed by atoms with E-state index in [2.05, 4.69) is 5.32 Å². The van der Waals surface area contributed by atoms with Gasteiger partial charge in [0.25, 0.3) is 0 Å². The van der Waals surface area contributed by atoms with Crippen molar-refractivity contribution in [3.8, 4) is 0 Å². The van der Waals surface area contributed by atoms with Crippen molar-refractivity contribution < 1.29 is 9.90 Å². The molecule has 0 unspecified atom stereocenters. The van der Waals surface area contributed by atoms with Gasteiger partial charge in [0.15, 0.2) is 0 Å².